The van der Waals surface area contributed by atoms with Crippen LogP contribution < -0.4 is 0 Å². The van der Waals surface area contributed by atoms with Gasteiger partial charge in [-0.25, -0.2) is 4.39 Å². The molecule has 1 rings (SSSR count). The third-order valence-corrected chi connectivity index (χ3v) is 2.58. The highest BCUT2D eigenvalue weighted by Crippen LogP contribution is 2.23. The van der Waals surface area contributed by atoms with E-state index in [1.165, 1.54) is 18.2 Å². The summed E-state index contributed by atoms with van der Waals surface area (Å²) in [5, 5.41) is 0.190. The maximum atomic E-state index is 13.3. The molecule has 14 heavy (non-hydrogen) atoms. The summed E-state index contributed by atoms with van der Waals surface area (Å²) in [4.78, 5) is 11.7. The summed E-state index contributed by atoms with van der Waals surface area (Å²) in [5.74, 6) is -0.956. The van der Waals surface area contributed by atoms with Crippen molar-refractivity contribution in [3.63, 3.8) is 0 Å². The Hall–Kier alpha value is -0.890. The Bertz CT molecular complexity index is 329. The molecule has 3 heteroatoms. The summed E-state index contributed by atoms with van der Waals surface area (Å²) in [6.07, 6.45) is 0.684. The third kappa shape index (κ3) is 2.13. The Balaban J connectivity index is 3.12. The maximum absolute atomic E-state index is 13.3. The van der Waals surface area contributed by atoms with E-state index in [2.05, 4.69) is 0 Å². The van der Waals surface area contributed by atoms with E-state index in [0.29, 0.717) is 6.42 Å². The molecule has 0 aromatic heterocycles. The summed E-state index contributed by atoms with van der Waals surface area (Å²) in [6, 6.07) is 4.27. The minimum Gasteiger partial charge on any atom is -0.294 e. The predicted octanol–water partition coefficient (Wildman–Crippen LogP) is 3.71. The lowest BCUT2D eigenvalue weighted by atomic mass is 9.97. The number of ketones is 1. The van der Waals surface area contributed by atoms with Gasteiger partial charge in [0.25, 0.3) is 0 Å². The van der Waals surface area contributed by atoms with Gasteiger partial charge in [0.15, 0.2) is 5.78 Å². The van der Waals surface area contributed by atoms with Gasteiger partial charge in [-0.2, -0.15) is 0 Å². The summed E-state index contributed by atoms with van der Waals surface area (Å²) in [5.41, 5.74) is 0.0171. The second-order valence-electron chi connectivity index (χ2n) is 3.27. The Kier molecular flexibility index (Phi) is 3.64. The molecule has 1 aromatic rings. The number of carbonyl (C=O) groups excluding carboxylic acids is 1. The first kappa shape index (κ1) is 11.2. The van der Waals surface area contributed by atoms with Gasteiger partial charge in [-0.05, 0) is 18.6 Å². The molecule has 0 aliphatic rings. The van der Waals surface area contributed by atoms with Crippen LogP contribution >= 0.6 is 11.6 Å². The zero-order valence-corrected chi connectivity index (χ0v) is 8.94. The van der Waals surface area contributed by atoms with E-state index >= 15 is 0 Å². The van der Waals surface area contributed by atoms with Crippen LogP contribution in [-0.4, -0.2) is 5.78 Å². The van der Waals surface area contributed by atoms with E-state index in [1.54, 1.807) is 6.92 Å². The molecule has 0 fully saturated rings. The van der Waals surface area contributed by atoms with E-state index in [-0.39, 0.29) is 22.3 Å². The fraction of sp³-hybridized carbons (Fsp3) is 0.364. The molecule has 0 aliphatic carbocycles. The zero-order valence-electron chi connectivity index (χ0n) is 8.18. The van der Waals surface area contributed by atoms with Crippen LogP contribution in [0.2, 0.25) is 5.02 Å². The number of Topliss-reactive ketones (excluding diaryl/α,β-unsaturated/α-hetero) is 1. The van der Waals surface area contributed by atoms with Crippen molar-refractivity contribution >= 4 is 17.4 Å². The van der Waals surface area contributed by atoms with Crippen LogP contribution in [0.4, 0.5) is 4.39 Å². The molecule has 1 aromatic carbocycles. The van der Waals surface area contributed by atoms with Crippen LogP contribution in [0.25, 0.3) is 0 Å². The molecule has 0 spiro atoms. The lowest BCUT2D eigenvalue weighted by Crippen LogP contribution is -2.12. The number of hydrogen-bond donors (Lipinski definition) is 0. The summed E-state index contributed by atoms with van der Waals surface area (Å²) >= 11 is 5.76. The lowest BCUT2D eigenvalue weighted by molar-refractivity contribution is 0.0923. The molecule has 0 N–H and O–H groups in total. The molecule has 0 bridgehead atoms. The Morgan fingerprint density at radius 1 is 1.57 bits per heavy atom. The van der Waals surface area contributed by atoms with Gasteiger partial charge in [0, 0.05) is 5.92 Å². The van der Waals surface area contributed by atoms with Crippen molar-refractivity contribution in [2.75, 3.05) is 0 Å². The van der Waals surface area contributed by atoms with E-state index in [0.717, 1.165) is 0 Å². The first-order chi connectivity index (χ1) is 6.57. The molecular formula is C11H12ClFO. The number of carbonyl (C=O) groups is 1. The van der Waals surface area contributed by atoms with Gasteiger partial charge < -0.3 is 0 Å². The van der Waals surface area contributed by atoms with Gasteiger partial charge in [0.2, 0.25) is 0 Å². The van der Waals surface area contributed by atoms with E-state index in [9.17, 15) is 9.18 Å². The fourth-order valence-electron chi connectivity index (χ4n) is 1.17. The summed E-state index contributed by atoms with van der Waals surface area (Å²) < 4.78 is 13.3. The van der Waals surface area contributed by atoms with Crippen molar-refractivity contribution in [3.8, 4) is 0 Å². The van der Waals surface area contributed by atoms with E-state index in [4.69, 9.17) is 11.6 Å². The van der Waals surface area contributed by atoms with Crippen LogP contribution in [0.1, 0.15) is 30.6 Å². The quantitative estimate of drug-likeness (QED) is 0.701. The average Bonchev–Trinajstić information content (AvgIpc) is 2.16. The number of rotatable bonds is 3. The molecule has 0 radical (unpaired) electrons. The van der Waals surface area contributed by atoms with Crippen LogP contribution in [0, 0.1) is 11.7 Å². The molecule has 0 amide bonds. The normalized spacial score (nSPS) is 12.6. The largest absolute Gasteiger partial charge is 0.294 e. The van der Waals surface area contributed by atoms with Gasteiger partial charge in [0.1, 0.15) is 5.82 Å². The monoisotopic (exact) mass is 214 g/mol. The highest BCUT2D eigenvalue weighted by molar-refractivity contribution is 6.34. The molecule has 0 saturated carbocycles. The van der Waals surface area contributed by atoms with Gasteiger partial charge in [0.05, 0.1) is 10.6 Å². The first-order valence-corrected chi connectivity index (χ1v) is 4.94. The molecule has 1 atom stereocenters. The molecule has 0 aliphatic heterocycles. The van der Waals surface area contributed by atoms with Gasteiger partial charge in [-0.1, -0.05) is 31.5 Å². The van der Waals surface area contributed by atoms with Crippen LogP contribution in [-0.2, 0) is 0 Å². The average molecular weight is 215 g/mol. The Morgan fingerprint density at radius 2 is 2.21 bits per heavy atom. The minimum atomic E-state index is -0.539. The van der Waals surface area contributed by atoms with E-state index < -0.39 is 5.82 Å². The molecule has 0 saturated heterocycles. The van der Waals surface area contributed by atoms with Crippen molar-refractivity contribution in [3.05, 3.63) is 34.6 Å². The molecule has 1 nitrogen and oxygen atoms in total. The van der Waals surface area contributed by atoms with Gasteiger partial charge in [-0.3, -0.25) is 4.79 Å². The molecular weight excluding hydrogens is 203 g/mol. The number of halogens is 2. The zero-order chi connectivity index (χ0) is 10.7. The van der Waals surface area contributed by atoms with Gasteiger partial charge in [-0.15, -0.1) is 0 Å². The maximum Gasteiger partial charge on any atom is 0.170 e. The third-order valence-electron chi connectivity index (χ3n) is 2.27. The van der Waals surface area contributed by atoms with Crippen LogP contribution in [0.3, 0.4) is 0 Å². The predicted molar refractivity (Wildman–Crippen MR) is 55.2 cm³/mol. The van der Waals surface area contributed by atoms with Crippen molar-refractivity contribution in [1.82, 2.24) is 0 Å². The first-order valence-electron chi connectivity index (χ1n) is 4.56. The molecule has 0 heterocycles. The Labute approximate surface area is 87.9 Å². The summed E-state index contributed by atoms with van der Waals surface area (Å²) in [6.45, 7) is 3.66. The summed E-state index contributed by atoms with van der Waals surface area (Å²) in [7, 11) is 0. The van der Waals surface area contributed by atoms with E-state index in [1.807, 2.05) is 6.92 Å². The van der Waals surface area contributed by atoms with Gasteiger partial charge >= 0.3 is 0 Å². The minimum absolute atomic E-state index is 0.0171. The van der Waals surface area contributed by atoms with Crippen molar-refractivity contribution in [1.29, 1.82) is 0 Å². The smallest absolute Gasteiger partial charge is 0.170 e. The molecule has 76 valence electrons. The van der Waals surface area contributed by atoms with Crippen molar-refractivity contribution < 1.29 is 9.18 Å². The second-order valence-corrected chi connectivity index (χ2v) is 3.68. The SMILES string of the molecule is CCC(C)C(=O)c1c(F)cccc1Cl. The topological polar surface area (TPSA) is 17.1 Å². The van der Waals surface area contributed by atoms with Crippen LogP contribution in [0.15, 0.2) is 18.2 Å². The highest BCUT2D eigenvalue weighted by Gasteiger charge is 2.19. The lowest BCUT2D eigenvalue weighted by Gasteiger charge is -2.09. The standard InChI is InChI=1S/C11H12ClFO/c1-3-7(2)11(14)10-8(12)5-4-6-9(10)13/h4-7H,3H2,1-2H3. The highest BCUT2D eigenvalue weighted by atomic mass is 35.5. The molecule has 1 unspecified atom stereocenters. The van der Waals surface area contributed by atoms with Crippen LogP contribution in [0.5, 0.6) is 0 Å². The number of benzene rings is 1. The van der Waals surface area contributed by atoms with Crippen molar-refractivity contribution in [2.45, 2.75) is 20.3 Å². The Morgan fingerprint density at radius 3 is 2.71 bits per heavy atom. The number of hydrogen-bond acceptors (Lipinski definition) is 1. The van der Waals surface area contributed by atoms with Crippen molar-refractivity contribution in [2.24, 2.45) is 5.92 Å². The second kappa shape index (κ2) is 4.56. The fourth-order valence-corrected chi connectivity index (χ4v) is 1.42.